The number of aromatic nitrogens is 1. The van der Waals surface area contributed by atoms with Gasteiger partial charge in [-0.05, 0) is 60.4 Å². The molecule has 0 N–H and O–H groups in total. The van der Waals surface area contributed by atoms with Gasteiger partial charge in [0.1, 0.15) is 0 Å². The number of rotatable bonds is 4. The van der Waals surface area contributed by atoms with Crippen LogP contribution in [-0.2, 0) is 6.42 Å². The molecule has 22 heavy (non-hydrogen) atoms. The first-order valence-electron chi connectivity index (χ1n) is 8.43. The number of hydrogen-bond acceptors (Lipinski definition) is 1. The van der Waals surface area contributed by atoms with Crippen LogP contribution in [0.1, 0.15) is 55.8 Å². The minimum absolute atomic E-state index is 0.540. The van der Waals surface area contributed by atoms with E-state index in [1.54, 1.807) is 0 Å². The molecule has 1 unspecified atom stereocenters. The number of hydrogen-bond donors (Lipinski definition) is 0. The predicted molar refractivity (Wildman–Crippen MR) is 93.8 cm³/mol. The van der Waals surface area contributed by atoms with Crippen molar-refractivity contribution in [1.82, 2.24) is 4.98 Å². The Bertz CT molecular complexity index is 640. The number of pyridine rings is 1. The van der Waals surface area contributed by atoms with Crippen molar-refractivity contribution in [2.75, 3.05) is 0 Å². The standard InChI is InChI=1S/C21H25N/c1-16(2)13-17-7-5-8-18(14-17)19-9-6-10-20(15-19)21-11-3-4-12-22-21/h3-5,7-8,11-12,14-16,19H,6,9-10,13H2,1-2H3. The van der Waals surface area contributed by atoms with Crippen LogP contribution in [0.25, 0.3) is 5.57 Å². The first-order chi connectivity index (χ1) is 10.7. The Hall–Kier alpha value is -1.89. The summed E-state index contributed by atoms with van der Waals surface area (Å²) in [4.78, 5) is 4.52. The summed E-state index contributed by atoms with van der Waals surface area (Å²) >= 11 is 0. The van der Waals surface area contributed by atoms with Gasteiger partial charge in [0.25, 0.3) is 0 Å². The second-order valence-electron chi connectivity index (χ2n) is 6.75. The van der Waals surface area contributed by atoms with Crippen LogP contribution in [-0.4, -0.2) is 4.98 Å². The number of benzene rings is 1. The van der Waals surface area contributed by atoms with Crippen molar-refractivity contribution in [2.24, 2.45) is 5.92 Å². The summed E-state index contributed by atoms with van der Waals surface area (Å²) in [6, 6.07) is 15.4. The molecule has 1 heterocycles. The summed E-state index contributed by atoms with van der Waals surface area (Å²) in [6.45, 7) is 4.57. The zero-order valence-corrected chi connectivity index (χ0v) is 13.6. The van der Waals surface area contributed by atoms with E-state index in [1.165, 1.54) is 29.5 Å². The fourth-order valence-corrected chi connectivity index (χ4v) is 3.37. The van der Waals surface area contributed by atoms with E-state index >= 15 is 0 Å². The molecule has 0 fully saturated rings. The Morgan fingerprint density at radius 2 is 2.05 bits per heavy atom. The van der Waals surface area contributed by atoms with Gasteiger partial charge in [0, 0.05) is 12.1 Å². The van der Waals surface area contributed by atoms with E-state index in [2.05, 4.69) is 61.3 Å². The second-order valence-corrected chi connectivity index (χ2v) is 6.75. The van der Waals surface area contributed by atoms with Crippen molar-refractivity contribution >= 4 is 5.57 Å². The summed E-state index contributed by atoms with van der Waals surface area (Å²) in [6.07, 6.45) is 9.16. The van der Waals surface area contributed by atoms with Gasteiger partial charge in [-0.15, -0.1) is 0 Å². The van der Waals surface area contributed by atoms with Gasteiger partial charge < -0.3 is 0 Å². The molecule has 0 radical (unpaired) electrons. The van der Waals surface area contributed by atoms with Crippen molar-refractivity contribution < 1.29 is 0 Å². The van der Waals surface area contributed by atoms with Crippen LogP contribution in [0.15, 0.2) is 54.7 Å². The van der Waals surface area contributed by atoms with Gasteiger partial charge >= 0.3 is 0 Å². The van der Waals surface area contributed by atoms with E-state index in [0.717, 1.165) is 18.5 Å². The Morgan fingerprint density at radius 1 is 1.14 bits per heavy atom. The molecule has 1 nitrogen and oxygen atoms in total. The monoisotopic (exact) mass is 291 g/mol. The van der Waals surface area contributed by atoms with E-state index in [9.17, 15) is 0 Å². The maximum Gasteiger partial charge on any atom is 0.0658 e. The van der Waals surface area contributed by atoms with E-state index < -0.39 is 0 Å². The van der Waals surface area contributed by atoms with Crippen LogP contribution < -0.4 is 0 Å². The quantitative estimate of drug-likeness (QED) is 0.711. The lowest BCUT2D eigenvalue weighted by Crippen LogP contribution is -2.05. The summed E-state index contributed by atoms with van der Waals surface area (Å²) in [5.41, 5.74) is 5.48. The van der Waals surface area contributed by atoms with E-state index in [1.807, 2.05) is 12.3 Å². The highest BCUT2D eigenvalue weighted by molar-refractivity contribution is 5.64. The first-order valence-corrected chi connectivity index (χ1v) is 8.43. The van der Waals surface area contributed by atoms with Crippen LogP contribution >= 0.6 is 0 Å². The molecule has 0 bridgehead atoms. The average Bonchev–Trinajstić information content (AvgIpc) is 2.55. The lowest BCUT2D eigenvalue weighted by Gasteiger charge is -2.22. The lowest BCUT2D eigenvalue weighted by molar-refractivity contribution is 0.640. The molecular formula is C21H25N. The Balaban J connectivity index is 1.85. The average molecular weight is 291 g/mol. The number of nitrogens with zero attached hydrogens (tertiary/aromatic N) is 1. The molecular weight excluding hydrogens is 266 g/mol. The van der Waals surface area contributed by atoms with Crippen LogP contribution in [0.2, 0.25) is 0 Å². The third-order valence-electron chi connectivity index (χ3n) is 4.38. The van der Waals surface area contributed by atoms with Gasteiger partial charge in [-0.25, -0.2) is 0 Å². The van der Waals surface area contributed by atoms with E-state index in [0.29, 0.717) is 11.8 Å². The topological polar surface area (TPSA) is 12.9 Å². The van der Waals surface area contributed by atoms with Gasteiger partial charge in [-0.3, -0.25) is 4.98 Å². The molecule has 0 spiro atoms. The number of allylic oxidation sites excluding steroid dienone is 2. The highest BCUT2D eigenvalue weighted by atomic mass is 14.7. The molecule has 1 aromatic heterocycles. The van der Waals surface area contributed by atoms with E-state index in [4.69, 9.17) is 0 Å². The Labute approximate surface area is 134 Å². The Kier molecular flexibility index (Phi) is 4.72. The normalized spacial score (nSPS) is 18.3. The summed E-state index contributed by atoms with van der Waals surface area (Å²) in [7, 11) is 0. The summed E-state index contributed by atoms with van der Waals surface area (Å²) in [5.74, 6) is 1.25. The molecule has 0 amide bonds. The van der Waals surface area contributed by atoms with Gasteiger partial charge in [-0.2, -0.15) is 0 Å². The smallest absolute Gasteiger partial charge is 0.0658 e. The fraction of sp³-hybridized carbons (Fsp3) is 0.381. The molecule has 0 saturated heterocycles. The van der Waals surface area contributed by atoms with Crippen molar-refractivity contribution in [3.05, 3.63) is 71.6 Å². The van der Waals surface area contributed by atoms with E-state index in [-0.39, 0.29) is 0 Å². The SMILES string of the molecule is CC(C)Cc1cccc(C2C=C(c3ccccn3)CCC2)c1. The molecule has 1 aromatic carbocycles. The van der Waals surface area contributed by atoms with Gasteiger partial charge in [0.2, 0.25) is 0 Å². The molecule has 1 atom stereocenters. The third kappa shape index (κ3) is 3.65. The molecule has 1 aliphatic rings. The predicted octanol–water partition coefficient (Wildman–Crippen LogP) is 5.63. The Morgan fingerprint density at radius 3 is 2.82 bits per heavy atom. The molecule has 114 valence electrons. The summed E-state index contributed by atoms with van der Waals surface area (Å²) < 4.78 is 0. The minimum atomic E-state index is 0.540. The van der Waals surface area contributed by atoms with Crippen molar-refractivity contribution in [1.29, 1.82) is 0 Å². The largest absolute Gasteiger partial charge is 0.257 e. The molecule has 0 aliphatic heterocycles. The molecule has 1 aliphatic carbocycles. The molecule has 2 aromatic rings. The second kappa shape index (κ2) is 6.91. The highest BCUT2D eigenvalue weighted by Gasteiger charge is 2.17. The molecule has 0 saturated carbocycles. The van der Waals surface area contributed by atoms with Crippen molar-refractivity contribution in [2.45, 2.75) is 45.4 Å². The van der Waals surface area contributed by atoms with Crippen LogP contribution in [0.4, 0.5) is 0 Å². The van der Waals surface area contributed by atoms with Crippen molar-refractivity contribution in [3.8, 4) is 0 Å². The highest BCUT2D eigenvalue weighted by Crippen LogP contribution is 2.35. The maximum atomic E-state index is 4.52. The minimum Gasteiger partial charge on any atom is -0.257 e. The maximum absolute atomic E-state index is 4.52. The first kappa shape index (κ1) is 15.0. The van der Waals surface area contributed by atoms with Crippen LogP contribution in [0.5, 0.6) is 0 Å². The van der Waals surface area contributed by atoms with Crippen LogP contribution in [0.3, 0.4) is 0 Å². The lowest BCUT2D eigenvalue weighted by atomic mass is 9.83. The molecule has 3 rings (SSSR count). The van der Waals surface area contributed by atoms with Crippen molar-refractivity contribution in [3.63, 3.8) is 0 Å². The fourth-order valence-electron chi connectivity index (χ4n) is 3.37. The van der Waals surface area contributed by atoms with Gasteiger partial charge in [0.05, 0.1) is 5.69 Å². The van der Waals surface area contributed by atoms with Crippen LogP contribution in [0, 0.1) is 5.92 Å². The zero-order chi connectivity index (χ0) is 15.4. The van der Waals surface area contributed by atoms with Gasteiger partial charge in [-0.1, -0.05) is 50.3 Å². The summed E-state index contributed by atoms with van der Waals surface area (Å²) in [5, 5.41) is 0. The molecule has 1 heteroatoms. The third-order valence-corrected chi connectivity index (χ3v) is 4.38. The zero-order valence-electron chi connectivity index (χ0n) is 13.6. The van der Waals surface area contributed by atoms with Gasteiger partial charge in [0.15, 0.2) is 0 Å².